The van der Waals surface area contributed by atoms with Gasteiger partial charge in [-0.25, -0.2) is 8.42 Å². The maximum absolute atomic E-state index is 13.1. The van der Waals surface area contributed by atoms with Crippen molar-refractivity contribution >= 4 is 43.5 Å². The number of fused-ring (bicyclic) bond motifs is 1. The number of hydrogen-bond acceptors (Lipinski definition) is 8. The van der Waals surface area contributed by atoms with Gasteiger partial charge in [0.2, 0.25) is 10.0 Å². The lowest BCUT2D eigenvalue weighted by molar-refractivity contribution is -0.141. The molecule has 2 heterocycles. The molecule has 1 aliphatic heterocycles. The van der Waals surface area contributed by atoms with E-state index in [2.05, 4.69) is 4.99 Å². The van der Waals surface area contributed by atoms with E-state index in [1.54, 1.807) is 16.7 Å². The van der Waals surface area contributed by atoms with Gasteiger partial charge in [-0.15, -0.1) is 0 Å². The predicted octanol–water partition coefficient (Wildman–Crippen LogP) is 3.20. The van der Waals surface area contributed by atoms with E-state index in [4.69, 9.17) is 14.2 Å². The second-order valence-corrected chi connectivity index (χ2v) is 11.5. The number of rotatable bonds is 7. The summed E-state index contributed by atoms with van der Waals surface area (Å²) in [6, 6.07) is 9.17. The Hall–Kier alpha value is -3.22. The summed E-state index contributed by atoms with van der Waals surface area (Å²) >= 11 is 1.20. The van der Waals surface area contributed by atoms with Crippen molar-refractivity contribution in [1.82, 2.24) is 8.87 Å². The SMILES string of the molecule is COC(=O)Cn1c(=NC(=O)c2ccc(S(=O)(=O)N3CCCCC3C)cc2)sc2cc(OC)c(OC)cc21. The molecule has 1 fully saturated rings. The Labute approximate surface area is 219 Å². The molecule has 1 atom stereocenters. The fourth-order valence-corrected chi connectivity index (χ4v) is 7.05. The van der Waals surface area contributed by atoms with Crippen molar-refractivity contribution in [3.05, 3.63) is 46.8 Å². The van der Waals surface area contributed by atoms with Crippen LogP contribution in [0.2, 0.25) is 0 Å². The van der Waals surface area contributed by atoms with Gasteiger partial charge in [0.1, 0.15) is 6.54 Å². The second-order valence-electron chi connectivity index (χ2n) is 8.62. The minimum atomic E-state index is -3.65. The van der Waals surface area contributed by atoms with E-state index in [0.717, 1.165) is 24.0 Å². The number of methoxy groups -OCH3 is 3. The number of aromatic nitrogens is 1. The molecule has 37 heavy (non-hydrogen) atoms. The Morgan fingerprint density at radius 3 is 2.35 bits per heavy atom. The number of thiazole rings is 1. The van der Waals surface area contributed by atoms with Crippen LogP contribution in [0, 0.1) is 0 Å². The molecule has 198 valence electrons. The molecule has 0 spiro atoms. The summed E-state index contributed by atoms with van der Waals surface area (Å²) in [7, 11) is 0.653. The topological polar surface area (TPSA) is 117 Å². The molecule has 0 radical (unpaired) electrons. The molecule has 10 nitrogen and oxygen atoms in total. The van der Waals surface area contributed by atoms with E-state index < -0.39 is 21.9 Å². The van der Waals surface area contributed by atoms with Crippen molar-refractivity contribution in [3.8, 4) is 11.5 Å². The van der Waals surface area contributed by atoms with Crippen LogP contribution in [0.5, 0.6) is 11.5 Å². The molecule has 1 amide bonds. The highest BCUT2D eigenvalue weighted by molar-refractivity contribution is 7.89. The van der Waals surface area contributed by atoms with Crippen molar-refractivity contribution in [1.29, 1.82) is 0 Å². The third-order valence-corrected chi connectivity index (χ3v) is 9.42. The highest BCUT2D eigenvalue weighted by Gasteiger charge is 2.31. The van der Waals surface area contributed by atoms with E-state index >= 15 is 0 Å². The highest BCUT2D eigenvalue weighted by Crippen LogP contribution is 2.33. The van der Waals surface area contributed by atoms with Gasteiger partial charge in [-0.3, -0.25) is 9.59 Å². The summed E-state index contributed by atoms with van der Waals surface area (Å²) in [4.78, 5) is 29.8. The number of nitrogens with zero attached hydrogens (tertiary/aromatic N) is 3. The van der Waals surface area contributed by atoms with Gasteiger partial charge >= 0.3 is 5.97 Å². The number of hydrogen-bond donors (Lipinski definition) is 0. The maximum atomic E-state index is 13.1. The Morgan fingerprint density at radius 1 is 1.05 bits per heavy atom. The van der Waals surface area contributed by atoms with Crippen LogP contribution >= 0.6 is 11.3 Å². The zero-order chi connectivity index (χ0) is 26.7. The molecule has 0 saturated carbocycles. The zero-order valence-electron chi connectivity index (χ0n) is 21.1. The summed E-state index contributed by atoms with van der Waals surface area (Å²) < 4.78 is 45.6. The molecule has 0 aliphatic carbocycles. The third-order valence-electron chi connectivity index (χ3n) is 6.35. The van der Waals surface area contributed by atoms with Gasteiger partial charge in [-0.1, -0.05) is 17.8 Å². The Morgan fingerprint density at radius 2 is 1.73 bits per heavy atom. The molecule has 12 heteroatoms. The van der Waals surface area contributed by atoms with E-state index in [9.17, 15) is 18.0 Å². The van der Waals surface area contributed by atoms with Crippen molar-refractivity contribution in [2.75, 3.05) is 27.9 Å². The fourth-order valence-electron chi connectivity index (χ4n) is 4.31. The molecule has 1 aromatic heterocycles. The summed E-state index contributed by atoms with van der Waals surface area (Å²) in [6.45, 7) is 2.23. The molecule has 1 aliphatic rings. The highest BCUT2D eigenvalue weighted by atomic mass is 32.2. The van der Waals surface area contributed by atoms with Crippen LogP contribution in [-0.4, -0.2) is 63.1 Å². The fraction of sp³-hybridized carbons (Fsp3) is 0.400. The Kier molecular flexibility index (Phi) is 8.00. The van der Waals surface area contributed by atoms with E-state index in [1.807, 2.05) is 6.92 Å². The average Bonchev–Trinajstić information content (AvgIpc) is 3.23. The van der Waals surface area contributed by atoms with E-state index in [1.165, 1.54) is 61.2 Å². The summed E-state index contributed by atoms with van der Waals surface area (Å²) in [5, 5.41) is 0. The Bertz CT molecular complexity index is 1490. The predicted molar refractivity (Wildman–Crippen MR) is 138 cm³/mol. The number of benzene rings is 2. The normalized spacial score (nSPS) is 17.1. The molecule has 2 aromatic carbocycles. The van der Waals surface area contributed by atoms with Crippen LogP contribution in [0.1, 0.15) is 36.5 Å². The Balaban J connectivity index is 1.71. The number of carbonyl (C=O) groups excluding carboxylic acids is 2. The lowest BCUT2D eigenvalue weighted by Crippen LogP contribution is -2.41. The van der Waals surface area contributed by atoms with Gasteiger partial charge in [0.25, 0.3) is 5.91 Å². The van der Waals surface area contributed by atoms with Crippen LogP contribution in [0.25, 0.3) is 10.2 Å². The summed E-state index contributed by atoms with van der Waals surface area (Å²) in [5.41, 5.74) is 0.847. The first kappa shape index (κ1) is 26.8. The first-order chi connectivity index (χ1) is 17.7. The summed E-state index contributed by atoms with van der Waals surface area (Å²) in [5.74, 6) is -0.118. The van der Waals surface area contributed by atoms with Gasteiger partial charge in [0.05, 0.1) is 36.4 Å². The van der Waals surface area contributed by atoms with Crippen molar-refractivity contribution in [3.63, 3.8) is 0 Å². The van der Waals surface area contributed by atoms with Gasteiger partial charge in [0, 0.05) is 30.3 Å². The standard InChI is InChI=1S/C25H29N3O7S2/c1-16-7-5-6-12-28(16)37(31,32)18-10-8-17(9-11-18)24(30)26-25-27(15-23(29)35-4)19-13-20(33-2)21(34-3)14-22(19)36-25/h8-11,13-14,16H,5-7,12,15H2,1-4H3. The number of esters is 1. The molecule has 0 bridgehead atoms. The maximum Gasteiger partial charge on any atom is 0.325 e. The minimum absolute atomic E-state index is 0.0643. The molecule has 1 unspecified atom stereocenters. The van der Waals surface area contributed by atoms with Crippen LogP contribution in [-0.2, 0) is 26.1 Å². The third kappa shape index (κ3) is 5.41. The smallest absolute Gasteiger partial charge is 0.325 e. The number of amides is 1. The number of sulfonamides is 1. The quantitative estimate of drug-likeness (QED) is 0.417. The number of ether oxygens (including phenoxy) is 3. The minimum Gasteiger partial charge on any atom is -0.493 e. The molecule has 0 N–H and O–H groups in total. The van der Waals surface area contributed by atoms with Gasteiger partial charge < -0.3 is 18.8 Å². The van der Waals surface area contributed by atoms with Crippen molar-refractivity contribution in [2.45, 2.75) is 43.7 Å². The van der Waals surface area contributed by atoms with Gasteiger partial charge in [-0.05, 0) is 44.0 Å². The van der Waals surface area contributed by atoms with E-state index in [-0.39, 0.29) is 27.8 Å². The van der Waals surface area contributed by atoms with Crippen molar-refractivity contribution < 1.29 is 32.2 Å². The lowest BCUT2D eigenvalue weighted by Gasteiger charge is -2.32. The number of piperidine rings is 1. The monoisotopic (exact) mass is 547 g/mol. The van der Waals surface area contributed by atoms with Crippen LogP contribution in [0.3, 0.4) is 0 Å². The zero-order valence-corrected chi connectivity index (χ0v) is 22.7. The largest absolute Gasteiger partial charge is 0.493 e. The van der Waals surface area contributed by atoms with E-state index in [0.29, 0.717) is 23.6 Å². The molecule has 1 saturated heterocycles. The van der Waals surface area contributed by atoms with Crippen LogP contribution in [0.4, 0.5) is 0 Å². The second kappa shape index (κ2) is 11.0. The average molecular weight is 548 g/mol. The molecule has 4 rings (SSSR count). The lowest BCUT2D eigenvalue weighted by atomic mass is 10.1. The van der Waals surface area contributed by atoms with Crippen LogP contribution in [0.15, 0.2) is 46.3 Å². The first-order valence-corrected chi connectivity index (χ1v) is 14.0. The van der Waals surface area contributed by atoms with Crippen molar-refractivity contribution in [2.24, 2.45) is 4.99 Å². The van der Waals surface area contributed by atoms with Gasteiger partial charge in [-0.2, -0.15) is 9.30 Å². The summed E-state index contributed by atoms with van der Waals surface area (Å²) in [6.07, 6.45) is 2.67. The first-order valence-electron chi connectivity index (χ1n) is 11.7. The molecular weight excluding hydrogens is 518 g/mol. The van der Waals surface area contributed by atoms with Gasteiger partial charge in [0.15, 0.2) is 16.3 Å². The molecular formula is C25H29N3O7S2. The number of carbonyl (C=O) groups is 2. The molecule has 3 aromatic rings. The van der Waals surface area contributed by atoms with Crippen LogP contribution < -0.4 is 14.3 Å².